The molecule has 1 aromatic rings. The van der Waals surface area contributed by atoms with Gasteiger partial charge in [0.1, 0.15) is 17.0 Å². The predicted octanol–water partition coefficient (Wildman–Crippen LogP) is 3.34. The van der Waals surface area contributed by atoms with E-state index in [9.17, 15) is 14.4 Å². The Labute approximate surface area is 190 Å². The number of carbonyl (C=O) groups is 3. The summed E-state index contributed by atoms with van der Waals surface area (Å²) in [6.07, 6.45) is -0.460. The fraction of sp³-hybridized carbons (Fsp3) is 0.652. The number of carbonyl (C=O) groups excluding carboxylic acids is 3. The number of amides is 2. The standard InChI is InChI=1S/C23H36N4O5/c1-22(2,3)31-20(29)25-19-10-8-9-17(24-19)13-16-14-27(15-18(16)28)12-11-26(7)21(30)32-23(4,5)6/h8-10,16H,11-15H2,1-7H3,(H,24,25,29). The number of rotatable bonds is 6. The van der Waals surface area contributed by atoms with E-state index in [1.54, 1.807) is 40.0 Å². The van der Waals surface area contributed by atoms with Gasteiger partial charge in [-0.25, -0.2) is 14.6 Å². The van der Waals surface area contributed by atoms with Crippen LogP contribution < -0.4 is 5.32 Å². The van der Waals surface area contributed by atoms with Crippen LogP contribution >= 0.6 is 0 Å². The molecule has 9 nitrogen and oxygen atoms in total. The van der Waals surface area contributed by atoms with Gasteiger partial charge in [-0.05, 0) is 53.7 Å². The zero-order chi connectivity index (χ0) is 24.1. The van der Waals surface area contributed by atoms with Crippen LogP contribution in [0.5, 0.6) is 0 Å². The Morgan fingerprint density at radius 2 is 1.81 bits per heavy atom. The number of pyridine rings is 1. The molecular weight excluding hydrogens is 412 g/mol. The molecule has 2 rings (SSSR count). The lowest BCUT2D eigenvalue weighted by atomic mass is 10.0. The average Bonchev–Trinajstić information content (AvgIpc) is 2.96. The highest BCUT2D eigenvalue weighted by Crippen LogP contribution is 2.19. The van der Waals surface area contributed by atoms with Crippen LogP contribution in [0.3, 0.4) is 0 Å². The number of likely N-dealkylation sites (N-methyl/N-ethyl adjacent to an activating group) is 1. The normalized spacial score (nSPS) is 17.2. The molecule has 0 spiro atoms. The minimum Gasteiger partial charge on any atom is -0.444 e. The Bertz CT molecular complexity index is 828. The molecule has 178 valence electrons. The van der Waals surface area contributed by atoms with Gasteiger partial charge in [-0.3, -0.25) is 15.0 Å². The molecule has 1 aromatic heterocycles. The molecule has 1 saturated heterocycles. The monoisotopic (exact) mass is 448 g/mol. The third-order valence-electron chi connectivity index (χ3n) is 4.66. The first-order chi connectivity index (χ1) is 14.7. The summed E-state index contributed by atoms with van der Waals surface area (Å²) in [6, 6.07) is 5.32. The number of ketones is 1. The lowest BCUT2D eigenvalue weighted by molar-refractivity contribution is -0.119. The number of hydrogen-bond acceptors (Lipinski definition) is 7. The van der Waals surface area contributed by atoms with E-state index in [1.165, 1.54) is 4.90 Å². The maximum absolute atomic E-state index is 12.5. The SMILES string of the molecule is CN(CCN1CC(=O)C(Cc2cccc(NC(=O)OC(C)(C)C)n2)C1)C(=O)OC(C)(C)C. The summed E-state index contributed by atoms with van der Waals surface area (Å²) in [6.45, 7) is 12.9. The maximum atomic E-state index is 12.5. The van der Waals surface area contributed by atoms with E-state index in [0.29, 0.717) is 38.4 Å². The van der Waals surface area contributed by atoms with Crippen molar-refractivity contribution in [3.8, 4) is 0 Å². The summed E-state index contributed by atoms with van der Waals surface area (Å²) in [5.74, 6) is 0.362. The molecule has 1 N–H and O–H groups in total. The van der Waals surface area contributed by atoms with Crippen molar-refractivity contribution in [2.24, 2.45) is 5.92 Å². The van der Waals surface area contributed by atoms with E-state index in [2.05, 4.69) is 10.3 Å². The quantitative estimate of drug-likeness (QED) is 0.712. The zero-order valence-electron chi connectivity index (χ0n) is 20.2. The van der Waals surface area contributed by atoms with Gasteiger partial charge in [0.2, 0.25) is 0 Å². The van der Waals surface area contributed by atoms with Crippen molar-refractivity contribution in [3.05, 3.63) is 23.9 Å². The van der Waals surface area contributed by atoms with E-state index in [1.807, 2.05) is 31.7 Å². The van der Waals surface area contributed by atoms with Gasteiger partial charge < -0.3 is 14.4 Å². The molecule has 1 fully saturated rings. The van der Waals surface area contributed by atoms with Crippen molar-refractivity contribution in [2.45, 2.75) is 59.2 Å². The highest BCUT2D eigenvalue weighted by molar-refractivity contribution is 5.85. The van der Waals surface area contributed by atoms with Crippen LogP contribution in [0.2, 0.25) is 0 Å². The molecule has 2 amide bonds. The van der Waals surface area contributed by atoms with Crippen molar-refractivity contribution >= 4 is 23.8 Å². The van der Waals surface area contributed by atoms with Crippen molar-refractivity contribution in [3.63, 3.8) is 0 Å². The van der Waals surface area contributed by atoms with Crippen LogP contribution in [0.15, 0.2) is 18.2 Å². The Morgan fingerprint density at radius 3 is 2.44 bits per heavy atom. The van der Waals surface area contributed by atoms with Crippen LogP contribution in [-0.2, 0) is 20.7 Å². The number of ether oxygens (including phenoxy) is 2. The Kier molecular flexibility index (Phi) is 8.23. The fourth-order valence-electron chi connectivity index (χ4n) is 3.22. The van der Waals surface area contributed by atoms with E-state index >= 15 is 0 Å². The van der Waals surface area contributed by atoms with Crippen LogP contribution in [0.25, 0.3) is 0 Å². The molecule has 1 unspecified atom stereocenters. The molecule has 1 aliphatic rings. The fourth-order valence-corrected chi connectivity index (χ4v) is 3.22. The minimum atomic E-state index is -0.598. The first kappa shape index (κ1) is 25.6. The number of likely N-dealkylation sites (tertiary alicyclic amines) is 1. The molecule has 0 aliphatic carbocycles. The van der Waals surface area contributed by atoms with E-state index in [0.717, 1.165) is 5.69 Å². The third kappa shape index (κ3) is 8.82. The van der Waals surface area contributed by atoms with Gasteiger partial charge in [-0.1, -0.05) is 6.07 Å². The summed E-state index contributed by atoms with van der Waals surface area (Å²) in [7, 11) is 1.69. The number of nitrogens with one attached hydrogen (secondary N) is 1. The first-order valence-corrected chi connectivity index (χ1v) is 10.9. The Balaban J connectivity index is 1.86. The van der Waals surface area contributed by atoms with Gasteiger partial charge in [0.25, 0.3) is 0 Å². The predicted molar refractivity (Wildman–Crippen MR) is 122 cm³/mol. The first-order valence-electron chi connectivity index (χ1n) is 10.9. The van der Waals surface area contributed by atoms with Gasteiger partial charge in [-0.15, -0.1) is 0 Å². The number of nitrogens with zero attached hydrogens (tertiary/aromatic N) is 3. The summed E-state index contributed by atoms with van der Waals surface area (Å²) in [5, 5.41) is 2.63. The molecule has 32 heavy (non-hydrogen) atoms. The molecule has 1 aliphatic heterocycles. The van der Waals surface area contributed by atoms with Gasteiger partial charge in [-0.2, -0.15) is 0 Å². The topological polar surface area (TPSA) is 101 Å². The van der Waals surface area contributed by atoms with Gasteiger partial charge in [0.15, 0.2) is 5.78 Å². The molecule has 0 bridgehead atoms. The Morgan fingerprint density at radius 1 is 1.16 bits per heavy atom. The lowest BCUT2D eigenvalue weighted by Crippen LogP contribution is -2.39. The maximum Gasteiger partial charge on any atom is 0.413 e. The second kappa shape index (κ2) is 10.3. The summed E-state index contributed by atoms with van der Waals surface area (Å²) in [4.78, 5) is 44.6. The molecular formula is C23H36N4O5. The number of anilines is 1. The smallest absolute Gasteiger partial charge is 0.413 e. The van der Waals surface area contributed by atoms with Gasteiger partial charge >= 0.3 is 12.2 Å². The van der Waals surface area contributed by atoms with Crippen LogP contribution in [0, 0.1) is 5.92 Å². The lowest BCUT2D eigenvalue weighted by Gasteiger charge is -2.26. The molecule has 1 atom stereocenters. The second-order valence-electron chi connectivity index (χ2n) is 10.1. The van der Waals surface area contributed by atoms with E-state index in [4.69, 9.17) is 9.47 Å². The van der Waals surface area contributed by atoms with Crippen LogP contribution in [-0.4, -0.2) is 77.2 Å². The Hall–Kier alpha value is -2.68. The summed E-state index contributed by atoms with van der Waals surface area (Å²) < 4.78 is 10.6. The average molecular weight is 449 g/mol. The van der Waals surface area contributed by atoms with Crippen molar-refractivity contribution in [1.29, 1.82) is 0 Å². The molecule has 0 aromatic carbocycles. The van der Waals surface area contributed by atoms with E-state index < -0.39 is 17.3 Å². The van der Waals surface area contributed by atoms with Gasteiger partial charge in [0.05, 0.1) is 6.54 Å². The molecule has 0 saturated carbocycles. The summed E-state index contributed by atoms with van der Waals surface area (Å²) in [5.41, 5.74) is -0.413. The molecule has 2 heterocycles. The van der Waals surface area contributed by atoms with E-state index in [-0.39, 0.29) is 17.8 Å². The van der Waals surface area contributed by atoms with Crippen molar-refractivity contribution in [2.75, 3.05) is 38.5 Å². The zero-order valence-corrected chi connectivity index (χ0v) is 20.2. The van der Waals surface area contributed by atoms with Crippen molar-refractivity contribution in [1.82, 2.24) is 14.8 Å². The molecule has 0 radical (unpaired) electrons. The van der Waals surface area contributed by atoms with Gasteiger partial charge in [0, 0.05) is 44.7 Å². The highest BCUT2D eigenvalue weighted by atomic mass is 16.6. The minimum absolute atomic E-state index is 0.150. The summed E-state index contributed by atoms with van der Waals surface area (Å²) >= 11 is 0. The third-order valence-corrected chi connectivity index (χ3v) is 4.66. The van der Waals surface area contributed by atoms with Crippen molar-refractivity contribution < 1.29 is 23.9 Å². The largest absolute Gasteiger partial charge is 0.444 e. The number of aromatic nitrogens is 1. The highest BCUT2D eigenvalue weighted by Gasteiger charge is 2.31. The molecule has 9 heteroatoms. The van der Waals surface area contributed by atoms with Crippen LogP contribution in [0.1, 0.15) is 47.2 Å². The number of hydrogen-bond donors (Lipinski definition) is 1. The van der Waals surface area contributed by atoms with Crippen LogP contribution in [0.4, 0.5) is 15.4 Å². The second-order valence-corrected chi connectivity index (χ2v) is 10.1. The number of Topliss-reactive ketones (excluding diaryl/α,β-unsaturated/α-hetero) is 1.